The van der Waals surface area contributed by atoms with Crippen LogP contribution < -0.4 is 9.62 Å². The van der Waals surface area contributed by atoms with E-state index in [9.17, 15) is 18.0 Å². The molecule has 0 saturated heterocycles. The highest BCUT2D eigenvalue weighted by Gasteiger charge is 2.34. The molecule has 10 heteroatoms. The molecule has 0 bridgehead atoms. The third-order valence-corrected chi connectivity index (χ3v) is 9.65. The number of amides is 2. The van der Waals surface area contributed by atoms with Crippen LogP contribution >= 0.6 is 23.2 Å². The zero-order valence-corrected chi connectivity index (χ0v) is 25.6. The molecule has 1 fully saturated rings. The largest absolute Gasteiger partial charge is 0.352 e. The minimum absolute atomic E-state index is 0.00661. The van der Waals surface area contributed by atoms with Crippen molar-refractivity contribution >= 4 is 50.7 Å². The molecule has 4 rings (SSSR count). The van der Waals surface area contributed by atoms with Crippen molar-refractivity contribution in [3.05, 3.63) is 94.0 Å². The summed E-state index contributed by atoms with van der Waals surface area (Å²) >= 11 is 12.6. The summed E-state index contributed by atoms with van der Waals surface area (Å²) in [6.07, 6.45) is 5.07. The fourth-order valence-electron chi connectivity index (χ4n) is 5.08. The molecule has 1 aliphatic rings. The predicted molar refractivity (Wildman–Crippen MR) is 164 cm³/mol. The molecule has 0 aliphatic heterocycles. The van der Waals surface area contributed by atoms with Crippen molar-refractivity contribution in [1.82, 2.24) is 10.2 Å². The molecule has 218 valence electrons. The summed E-state index contributed by atoms with van der Waals surface area (Å²) in [6.45, 7) is 3.20. The number of carbonyl (C=O) groups is 2. The molecule has 2 amide bonds. The molecule has 1 atom stereocenters. The lowest BCUT2D eigenvalue weighted by Crippen LogP contribution is -2.53. The zero-order chi connectivity index (χ0) is 29.6. The molecule has 0 heterocycles. The van der Waals surface area contributed by atoms with Crippen LogP contribution in [0.2, 0.25) is 10.0 Å². The Bertz CT molecular complexity index is 1480. The SMILES string of the molecule is Cc1cccc(CN(C(=O)CN(c2ccc(Cl)cc2Cl)S(=O)(=O)c2ccccc2)C(C)C(=O)NC2CCCCC2)c1. The van der Waals surface area contributed by atoms with Crippen LogP contribution in [0.3, 0.4) is 0 Å². The summed E-state index contributed by atoms with van der Waals surface area (Å²) in [5, 5.41) is 3.52. The number of sulfonamides is 1. The van der Waals surface area contributed by atoms with Gasteiger partial charge in [0.1, 0.15) is 12.6 Å². The van der Waals surface area contributed by atoms with E-state index in [-0.39, 0.29) is 34.1 Å². The molecule has 3 aromatic rings. The van der Waals surface area contributed by atoms with Gasteiger partial charge in [-0.3, -0.25) is 13.9 Å². The van der Waals surface area contributed by atoms with Crippen LogP contribution in [0.1, 0.15) is 50.2 Å². The third-order valence-electron chi connectivity index (χ3n) is 7.34. The van der Waals surface area contributed by atoms with E-state index in [1.54, 1.807) is 25.1 Å². The Labute approximate surface area is 252 Å². The molecule has 1 N–H and O–H groups in total. The maximum absolute atomic E-state index is 14.1. The fourth-order valence-corrected chi connectivity index (χ4v) is 7.09. The van der Waals surface area contributed by atoms with Gasteiger partial charge >= 0.3 is 0 Å². The number of rotatable bonds is 10. The summed E-state index contributed by atoms with van der Waals surface area (Å²) < 4.78 is 28.7. The summed E-state index contributed by atoms with van der Waals surface area (Å²) in [5.41, 5.74) is 1.95. The molecule has 0 radical (unpaired) electrons. The first-order valence-corrected chi connectivity index (χ1v) is 15.9. The summed E-state index contributed by atoms with van der Waals surface area (Å²) in [4.78, 5) is 28.9. The quantitative estimate of drug-likeness (QED) is 0.287. The number of nitrogens with zero attached hydrogens (tertiary/aromatic N) is 2. The molecule has 1 saturated carbocycles. The Morgan fingerprint density at radius 3 is 2.32 bits per heavy atom. The molecule has 3 aromatic carbocycles. The van der Waals surface area contributed by atoms with Gasteiger partial charge in [0, 0.05) is 17.6 Å². The van der Waals surface area contributed by atoms with Crippen molar-refractivity contribution in [2.45, 2.75) is 69.5 Å². The van der Waals surface area contributed by atoms with E-state index in [2.05, 4.69) is 5.32 Å². The molecular formula is C31H35Cl2N3O4S. The van der Waals surface area contributed by atoms with Crippen LogP contribution in [-0.2, 0) is 26.2 Å². The van der Waals surface area contributed by atoms with E-state index >= 15 is 0 Å². The van der Waals surface area contributed by atoms with Gasteiger partial charge < -0.3 is 10.2 Å². The second kappa shape index (κ2) is 13.7. The topological polar surface area (TPSA) is 86.8 Å². The number of halogens is 2. The fraction of sp³-hybridized carbons (Fsp3) is 0.355. The van der Waals surface area contributed by atoms with Crippen LogP contribution in [-0.4, -0.2) is 43.8 Å². The van der Waals surface area contributed by atoms with E-state index in [4.69, 9.17) is 23.2 Å². The van der Waals surface area contributed by atoms with Crippen LogP contribution in [0, 0.1) is 6.92 Å². The number of anilines is 1. The van der Waals surface area contributed by atoms with Crippen molar-refractivity contribution < 1.29 is 18.0 Å². The van der Waals surface area contributed by atoms with E-state index < -0.39 is 28.5 Å². The number of carbonyl (C=O) groups excluding carboxylic acids is 2. The standard InChI is InChI=1S/C31H35Cl2N3O4S/c1-22-10-9-11-24(18-22)20-35(23(2)31(38)34-26-12-5-3-6-13-26)30(37)21-36(29-17-16-25(32)19-28(29)33)41(39,40)27-14-7-4-8-15-27/h4,7-11,14-19,23,26H,3,5-6,12-13,20-21H2,1-2H3,(H,34,38). The number of benzene rings is 3. The monoisotopic (exact) mass is 615 g/mol. The van der Waals surface area contributed by atoms with Crippen molar-refractivity contribution in [3.8, 4) is 0 Å². The number of aryl methyl sites for hydroxylation is 1. The lowest BCUT2D eigenvalue weighted by molar-refractivity contribution is -0.139. The zero-order valence-electron chi connectivity index (χ0n) is 23.2. The highest BCUT2D eigenvalue weighted by molar-refractivity contribution is 7.92. The van der Waals surface area contributed by atoms with Gasteiger partial charge in [-0.2, -0.15) is 0 Å². The molecule has 41 heavy (non-hydrogen) atoms. The predicted octanol–water partition coefficient (Wildman–Crippen LogP) is 6.36. The first-order valence-electron chi connectivity index (χ1n) is 13.7. The molecule has 0 aromatic heterocycles. The summed E-state index contributed by atoms with van der Waals surface area (Å²) in [5.74, 6) is -0.803. The van der Waals surface area contributed by atoms with Crippen LogP contribution in [0.4, 0.5) is 5.69 Å². The van der Waals surface area contributed by atoms with E-state index in [1.165, 1.54) is 35.2 Å². The molecule has 1 aliphatic carbocycles. The molecule has 1 unspecified atom stereocenters. The van der Waals surface area contributed by atoms with E-state index in [0.717, 1.165) is 47.5 Å². The third kappa shape index (κ3) is 7.82. The first kappa shape index (κ1) is 30.9. The average molecular weight is 617 g/mol. The molecule has 7 nitrogen and oxygen atoms in total. The number of nitrogens with one attached hydrogen (secondary N) is 1. The van der Waals surface area contributed by atoms with Gasteiger partial charge in [0.15, 0.2) is 0 Å². The Morgan fingerprint density at radius 2 is 1.66 bits per heavy atom. The highest BCUT2D eigenvalue weighted by Crippen LogP contribution is 2.33. The maximum atomic E-state index is 14.1. The van der Waals surface area contributed by atoms with Crippen molar-refractivity contribution in [3.63, 3.8) is 0 Å². The normalized spacial score (nSPS) is 14.7. The number of hydrogen-bond donors (Lipinski definition) is 1. The van der Waals surface area contributed by atoms with Gasteiger partial charge in [-0.1, -0.05) is 90.5 Å². The van der Waals surface area contributed by atoms with Gasteiger partial charge in [-0.05, 0) is 62.6 Å². The lowest BCUT2D eigenvalue weighted by Gasteiger charge is -2.33. The average Bonchev–Trinajstić information content (AvgIpc) is 2.95. The van der Waals surface area contributed by atoms with Gasteiger partial charge in [-0.25, -0.2) is 8.42 Å². The summed E-state index contributed by atoms with van der Waals surface area (Å²) in [6, 6.07) is 19.2. The molecular weight excluding hydrogens is 581 g/mol. The minimum Gasteiger partial charge on any atom is -0.352 e. The Balaban J connectivity index is 1.69. The van der Waals surface area contributed by atoms with Crippen LogP contribution in [0.15, 0.2) is 77.7 Å². The summed E-state index contributed by atoms with van der Waals surface area (Å²) in [7, 11) is -4.21. The van der Waals surface area contributed by atoms with Crippen molar-refractivity contribution in [1.29, 1.82) is 0 Å². The van der Waals surface area contributed by atoms with E-state index in [1.807, 2.05) is 31.2 Å². The Kier molecular flexibility index (Phi) is 10.3. The number of hydrogen-bond acceptors (Lipinski definition) is 4. The van der Waals surface area contributed by atoms with Crippen molar-refractivity contribution in [2.75, 3.05) is 10.8 Å². The van der Waals surface area contributed by atoms with Gasteiger partial charge in [0.2, 0.25) is 11.8 Å². The smallest absolute Gasteiger partial charge is 0.264 e. The maximum Gasteiger partial charge on any atom is 0.264 e. The van der Waals surface area contributed by atoms with Crippen LogP contribution in [0.5, 0.6) is 0 Å². The second-order valence-corrected chi connectivity index (χ2v) is 13.2. The van der Waals surface area contributed by atoms with Crippen molar-refractivity contribution in [2.24, 2.45) is 0 Å². The van der Waals surface area contributed by atoms with Gasteiger partial charge in [-0.15, -0.1) is 0 Å². The van der Waals surface area contributed by atoms with Crippen LogP contribution in [0.25, 0.3) is 0 Å². The minimum atomic E-state index is -4.21. The van der Waals surface area contributed by atoms with Gasteiger partial charge in [0.05, 0.1) is 15.6 Å². The Morgan fingerprint density at radius 1 is 0.951 bits per heavy atom. The van der Waals surface area contributed by atoms with E-state index in [0.29, 0.717) is 5.02 Å². The van der Waals surface area contributed by atoms with Gasteiger partial charge in [0.25, 0.3) is 10.0 Å². The first-order chi connectivity index (χ1) is 19.6. The lowest BCUT2D eigenvalue weighted by atomic mass is 9.95. The Hall–Kier alpha value is -3.07. The molecule has 0 spiro atoms. The highest BCUT2D eigenvalue weighted by atomic mass is 35.5. The second-order valence-electron chi connectivity index (χ2n) is 10.5.